The molecule has 0 heterocycles. The van der Waals surface area contributed by atoms with E-state index in [9.17, 15) is 4.79 Å². The van der Waals surface area contributed by atoms with Crippen LogP contribution in [0, 0.1) is 19.8 Å². The maximum Gasteiger partial charge on any atom is 0.303 e. The Morgan fingerprint density at radius 2 is 1.90 bits per heavy atom. The van der Waals surface area contributed by atoms with Crippen LogP contribution in [0.25, 0.3) is 0 Å². The number of ether oxygens (including phenoxy) is 1. The third-order valence-corrected chi connectivity index (χ3v) is 1.23. The Labute approximate surface area is 87.6 Å². The predicted molar refractivity (Wildman–Crippen MR) is 35.5 cm³/mol. The zero-order valence-electron chi connectivity index (χ0n) is 6.30. The van der Waals surface area contributed by atoms with Crippen LogP contribution in [0.2, 0.25) is 0 Å². The van der Waals surface area contributed by atoms with Crippen molar-refractivity contribution >= 4 is 5.97 Å². The van der Waals surface area contributed by atoms with E-state index in [2.05, 4.69) is 18.6 Å². The van der Waals surface area contributed by atoms with E-state index in [-0.39, 0.29) is 44.6 Å². The number of carbonyl (C=O) groups excluding carboxylic acids is 1. The van der Waals surface area contributed by atoms with Gasteiger partial charge in [-0.05, 0) is 0 Å². The van der Waals surface area contributed by atoms with E-state index in [0.717, 1.165) is 0 Å². The summed E-state index contributed by atoms with van der Waals surface area (Å²) in [7, 11) is 1.38. The standard InChI is InChI=1S/C7H12O2.Y/c1-4-6(5-2)7(8)9-3;/h6H,1-2,4-5H2,3H3;/q-2;. The van der Waals surface area contributed by atoms with Gasteiger partial charge in [0.25, 0.3) is 0 Å². The average molecular weight is 217 g/mol. The van der Waals surface area contributed by atoms with Crippen molar-refractivity contribution in [3.63, 3.8) is 0 Å². The Morgan fingerprint density at radius 3 is 2.00 bits per heavy atom. The first-order chi connectivity index (χ1) is 4.26. The van der Waals surface area contributed by atoms with Crippen molar-refractivity contribution in [3.8, 4) is 0 Å². The van der Waals surface area contributed by atoms with Crippen molar-refractivity contribution in [2.24, 2.45) is 5.92 Å². The summed E-state index contributed by atoms with van der Waals surface area (Å²) < 4.78 is 4.48. The smallest absolute Gasteiger partial charge is 0.303 e. The van der Waals surface area contributed by atoms with Gasteiger partial charge in [-0.15, -0.1) is 0 Å². The van der Waals surface area contributed by atoms with Crippen LogP contribution in [0.3, 0.4) is 0 Å². The van der Waals surface area contributed by atoms with Crippen molar-refractivity contribution < 1.29 is 42.2 Å². The summed E-state index contributed by atoms with van der Waals surface area (Å²) in [5, 5.41) is 0. The molecule has 0 aromatic carbocycles. The van der Waals surface area contributed by atoms with E-state index < -0.39 is 0 Å². The average Bonchev–Trinajstić information content (AvgIpc) is 1.90. The van der Waals surface area contributed by atoms with Gasteiger partial charge in [-0.25, -0.2) is 0 Å². The van der Waals surface area contributed by atoms with Crippen molar-refractivity contribution in [3.05, 3.63) is 13.8 Å². The van der Waals surface area contributed by atoms with Crippen molar-refractivity contribution in [1.82, 2.24) is 0 Å². The van der Waals surface area contributed by atoms with Gasteiger partial charge in [-0.2, -0.15) is 12.8 Å². The molecule has 10 heavy (non-hydrogen) atoms. The van der Waals surface area contributed by atoms with Gasteiger partial charge in [-0.3, -0.25) is 4.79 Å². The molecule has 57 valence electrons. The van der Waals surface area contributed by atoms with Crippen LogP contribution < -0.4 is 0 Å². The minimum atomic E-state index is -0.208. The topological polar surface area (TPSA) is 26.3 Å². The third-order valence-electron chi connectivity index (χ3n) is 1.23. The number of hydrogen-bond acceptors (Lipinski definition) is 2. The van der Waals surface area contributed by atoms with Crippen LogP contribution in [-0.2, 0) is 42.2 Å². The van der Waals surface area contributed by atoms with E-state index >= 15 is 0 Å². The molecule has 0 N–H and O–H groups in total. The number of methoxy groups -OCH3 is 1. The quantitative estimate of drug-likeness (QED) is 0.524. The molecule has 0 aromatic heterocycles. The molecule has 0 bridgehead atoms. The summed E-state index contributed by atoms with van der Waals surface area (Å²) in [4.78, 5) is 10.7. The van der Waals surface area contributed by atoms with Crippen LogP contribution in [0.5, 0.6) is 0 Å². The first kappa shape index (κ1) is 13.2. The molecule has 0 aromatic rings. The molecule has 0 amide bonds. The van der Waals surface area contributed by atoms with Crippen molar-refractivity contribution in [1.29, 1.82) is 0 Å². The van der Waals surface area contributed by atoms with Crippen LogP contribution in [0.15, 0.2) is 0 Å². The summed E-state index contributed by atoms with van der Waals surface area (Å²) in [6.45, 7) is 7.17. The van der Waals surface area contributed by atoms with Gasteiger partial charge in [0.1, 0.15) is 0 Å². The Balaban J connectivity index is 0. The SMILES string of the molecule is [CH2-]CC(C[CH2-])C(=O)OC.[Y]. The van der Waals surface area contributed by atoms with Gasteiger partial charge < -0.3 is 18.6 Å². The summed E-state index contributed by atoms with van der Waals surface area (Å²) >= 11 is 0. The number of esters is 1. The molecule has 0 aliphatic carbocycles. The molecule has 0 atom stereocenters. The molecule has 0 saturated carbocycles. The minimum Gasteiger partial charge on any atom is -0.469 e. The fourth-order valence-corrected chi connectivity index (χ4v) is 0.547. The third kappa shape index (κ3) is 4.40. The molecule has 0 rings (SSSR count). The van der Waals surface area contributed by atoms with E-state index in [1.54, 1.807) is 0 Å². The number of rotatable bonds is 3. The number of hydrogen-bond donors (Lipinski definition) is 0. The summed E-state index contributed by atoms with van der Waals surface area (Å²) in [6, 6.07) is 0. The molecule has 0 unspecified atom stereocenters. The molecule has 0 aliphatic rings. The molecule has 0 aliphatic heterocycles. The van der Waals surface area contributed by atoms with Crippen LogP contribution in [0.1, 0.15) is 12.8 Å². The van der Waals surface area contributed by atoms with Crippen LogP contribution in [0.4, 0.5) is 0 Å². The molecule has 0 saturated heterocycles. The number of carbonyl (C=O) groups is 1. The van der Waals surface area contributed by atoms with Gasteiger partial charge in [0.15, 0.2) is 0 Å². The van der Waals surface area contributed by atoms with Gasteiger partial charge in [0.05, 0.1) is 7.11 Å². The molecular weight excluding hydrogens is 205 g/mol. The largest absolute Gasteiger partial charge is 0.469 e. The molecule has 0 spiro atoms. The summed E-state index contributed by atoms with van der Waals surface area (Å²) in [6.07, 6.45) is 1.13. The zero-order valence-corrected chi connectivity index (χ0v) is 9.14. The second-order valence-corrected chi connectivity index (χ2v) is 1.80. The molecular formula is C7H12O2Y-2. The van der Waals surface area contributed by atoms with Crippen LogP contribution in [-0.4, -0.2) is 13.1 Å². The van der Waals surface area contributed by atoms with Crippen molar-refractivity contribution in [2.45, 2.75) is 12.8 Å². The fraction of sp³-hybridized carbons (Fsp3) is 0.571. The van der Waals surface area contributed by atoms with Gasteiger partial charge in [-0.1, -0.05) is 0 Å². The molecule has 1 radical (unpaired) electrons. The van der Waals surface area contributed by atoms with Gasteiger partial charge in [0.2, 0.25) is 0 Å². The Hall–Kier alpha value is 0.574. The summed E-state index contributed by atoms with van der Waals surface area (Å²) in [5.74, 6) is -0.324. The van der Waals surface area contributed by atoms with E-state index in [1.807, 2.05) is 0 Å². The predicted octanol–water partition coefficient (Wildman–Crippen LogP) is 1.22. The van der Waals surface area contributed by atoms with Crippen LogP contribution >= 0.6 is 0 Å². The van der Waals surface area contributed by atoms with Crippen molar-refractivity contribution in [2.75, 3.05) is 7.11 Å². The Kier molecular flexibility index (Phi) is 10.1. The first-order valence-corrected chi connectivity index (χ1v) is 2.92. The maximum absolute atomic E-state index is 10.7. The van der Waals surface area contributed by atoms with E-state index in [1.165, 1.54) is 7.11 Å². The van der Waals surface area contributed by atoms with E-state index in [0.29, 0.717) is 12.8 Å². The Morgan fingerprint density at radius 1 is 1.50 bits per heavy atom. The maximum atomic E-state index is 10.7. The van der Waals surface area contributed by atoms with E-state index in [4.69, 9.17) is 0 Å². The molecule has 0 fully saturated rings. The summed E-state index contributed by atoms with van der Waals surface area (Å²) in [5.41, 5.74) is 0. The molecule has 3 heteroatoms. The molecule has 2 nitrogen and oxygen atoms in total. The second-order valence-electron chi connectivity index (χ2n) is 1.80. The fourth-order valence-electron chi connectivity index (χ4n) is 0.547. The zero-order chi connectivity index (χ0) is 7.28. The minimum absolute atomic E-state index is 0. The first-order valence-electron chi connectivity index (χ1n) is 2.92. The second kappa shape index (κ2) is 7.68. The normalized spacial score (nSPS) is 8.80. The Bertz CT molecular complexity index is 89.6. The van der Waals surface area contributed by atoms with Gasteiger partial charge in [0, 0.05) is 38.6 Å². The monoisotopic (exact) mass is 217 g/mol. The van der Waals surface area contributed by atoms with Gasteiger partial charge >= 0.3 is 5.97 Å².